The monoisotopic (exact) mass is 605 g/mol. The van der Waals surface area contributed by atoms with Crippen LogP contribution in [0.1, 0.15) is 122 Å². The van der Waals surface area contributed by atoms with Gasteiger partial charge in [-0.05, 0) is 79.8 Å². The van der Waals surface area contributed by atoms with Crippen LogP contribution in [-0.4, -0.2) is 46.2 Å². The second-order valence-electron chi connectivity index (χ2n) is 12.6. The van der Waals surface area contributed by atoms with E-state index in [9.17, 15) is 28.7 Å². The van der Waals surface area contributed by atoms with E-state index in [1.54, 1.807) is 24.3 Å². The second-order valence-corrected chi connectivity index (χ2v) is 12.6. The van der Waals surface area contributed by atoms with Gasteiger partial charge in [0.15, 0.2) is 0 Å². The average molecular weight is 606 g/mol. The normalized spacial score (nSPS) is 19.9. The highest BCUT2D eigenvalue weighted by Gasteiger charge is 2.44. The number of imide groups is 2. The molecule has 44 heavy (non-hydrogen) atoms. The molecule has 2 aliphatic heterocycles. The summed E-state index contributed by atoms with van der Waals surface area (Å²) in [6, 6.07) is 7.14. The summed E-state index contributed by atoms with van der Waals surface area (Å²) in [5.74, 6) is -1.61. The van der Waals surface area contributed by atoms with E-state index >= 15 is 0 Å². The van der Waals surface area contributed by atoms with E-state index in [1.807, 2.05) is 0 Å². The van der Waals surface area contributed by atoms with Crippen LogP contribution < -0.4 is 10.6 Å². The van der Waals surface area contributed by atoms with Gasteiger partial charge in [0, 0.05) is 24.7 Å². The largest absolute Gasteiger partial charge is 0.508 e. The first-order valence-corrected chi connectivity index (χ1v) is 16.4. The molecule has 2 aromatic carbocycles. The van der Waals surface area contributed by atoms with Crippen LogP contribution in [-0.2, 0) is 22.4 Å². The quantitative estimate of drug-likeness (QED) is 0.130. The van der Waals surface area contributed by atoms with Crippen LogP contribution in [0.3, 0.4) is 0 Å². The lowest BCUT2D eigenvalue weighted by atomic mass is 9.91. The van der Waals surface area contributed by atoms with Gasteiger partial charge in [0.2, 0.25) is 11.8 Å². The molecular weight excluding hydrogens is 561 g/mol. The number of hydrogen-bond donors (Lipinski definition) is 3. The molecule has 0 radical (unpaired) electrons. The Kier molecular flexibility index (Phi) is 10.7. The van der Waals surface area contributed by atoms with E-state index in [0.29, 0.717) is 17.0 Å². The predicted molar refractivity (Wildman–Crippen MR) is 166 cm³/mol. The lowest BCUT2D eigenvalue weighted by molar-refractivity contribution is -0.136. The molecule has 1 saturated heterocycles. The number of carbonyl (C=O) groups is 4. The minimum atomic E-state index is -0.952. The fraction of sp³-hybridized carbons (Fsp3) is 0.543. The molecule has 236 valence electrons. The van der Waals surface area contributed by atoms with Crippen molar-refractivity contribution in [3.05, 3.63) is 58.4 Å². The van der Waals surface area contributed by atoms with Crippen molar-refractivity contribution in [3.63, 3.8) is 0 Å². The van der Waals surface area contributed by atoms with Crippen molar-refractivity contribution in [3.8, 4) is 5.75 Å². The molecule has 1 unspecified atom stereocenters. The topological polar surface area (TPSA) is 116 Å². The third kappa shape index (κ3) is 7.66. The van der Waals surface area contributed by atoms with Crippen molar-refractivity contribution in [2.45, 2.75) is 109 Å². The molecule has 5 rings (SSSR count). The number of nitrogens with one attached hydrogen (secondary N) is 2. The number of hydrogen-bond acceptors (Lipinski definition) is 6. The van der Waals surface area contributed by atoms with Crippen molar-refractivity contribution < 1.29 is 28.7 Å². The Labute approximate surface area is 258 Å². The first-order valence-electron chi connectivity index (χ1n) is 16.4. The smallest absolute Gasteiger partial charge is 0.262 e. The van der Waals surface area contributed by atoms with E-state index in [2.05, 4.69) is 10.6 Å². The lowest BCUT2D eigenvalue weighted by Gasteiger charge is -2.27. The molecule has 0 bridgehead atoms. The number of halogens is 1. The van der Waals surface area contributed by atoms with Gasteiger partial charge in [-0.1, -0.05) is 57.8 Å². The molecule has 0 aromatic heterocycles. The molecule has 4 amide bonds. The van der Waals surface area contributed by atoms with Crippen molar-refractivity contribution in [2.24, 2.45) is 5.92 Å². The summed E-state index contributed by atoms with van der Waals surface area (Å²) in [5.41, 5.74) is 3.16. The van der Waals surface area contributed by atoms with Gasteiger partial charge in [-0.2, -0.15) is 0 Å². The van der Waals surface area contributed by atoms with E-state index in [1.165, 1.54) is 57.4 Å². The standard InChI is InChI=1S/C35H44FN3O5/c36-30-22-26(40)20-24-19-23(12-10-13-27(24)30)11-8-6-4-2-1-3-5-7-9-18-37-25-14-15-28-29(21-25)35(44)39(34(28)43)31-16-17-32(41)38-33(31)42/h14-15,20-23,31,37,40H,1-13,16-19H2,(H,38,41,42)/t23-,31?/m0/s1. The van der Waals surface area contributed by atoms with Crippen molar-refractivity contribution in [2.75, 3.05) is 11.9 Å². The number of anilines is 1. The fourth-order valence-corrected chi connectivity index (χ4v) is 6.98. The summed E-state index contributed by atoms with van der Waals surface area (Å²) in [6.07, 6.45) is 16.0. The SMILES string of the molecule is O=C1CCC(N2C(=O)c3ccc(NCCCCCCCCCCC[C@H]4CCCc5c(F)cc(O)cc5C4)cc3C2=O)C(=O)N1. The molecule has 0 spiro atoms. The van der Waals surface area contributed by atoms with E-state index in [0.717, 1.165) is 66.8 Å². The van der Waals surface area contributed by atoms with Gasteiger partial charge in [0.25, 0.3) is 11.8 Å². The highest BCUT2D eigenvalue weighted by atomic mass is 19.1. The molecule has 3 aliphatic rings. The zero-order chi connectivity index (χ0) is 31.1. The number of nitrogens with zero attached hydrogens (tertiary/aromatic N) is 1. The van der Waals surface area contributed by atoms with Crippen molar-refractivity contribution in [1.29, 1.82) is 0 Å². The molecule has 2 heterocycles. The van der Waals surface area contributed by atoms with Crippen LogP contribution in [0.15, 0.2) is 30.3 Å². The molecule has 1 fully saturated rings. The molecule has 9 heteroatoms. The fourth-order valence-electron chi connectivity index (χ4n) is 6.98. The summed E-state index contributed by atoms with van der Waals surface area (Å²) < 4.78 is 14.2. The van der Waals surface area contributed by atoms with Gasteiger partial charge in [-0.15, -0.1) is 0 Å². The average Bonchev–Trinajstić information content (AvgIpc) is 3.10. The molecular formula is C35H44FN3O5. The lowest BCUT2D eigenvalue weighted by Crippen LogP contribution is -2.54. The summed E-state index contributed by atoms with van der Waals surface area (Å²) in [5, 5.41) is 15.4. The molecule has 3 N–H and O–H groups in total. The Morgan fingerprint density at radius 3 is 2.30 bits per heavy atom. The Hall–Kier alpha value is -3.75. The maximum absolute atomic E-state index is 14.2. The van der Waals surface area contributed by atoms with Crippen LogP contribution in [0.5, 0.6) is 5.75 Å². The maximum Gasteiger partial charge on any atom is 0.262 e. The number of carbonyl (C=O) groups excluding carboxylic acids is 4. The van der Waals surface area contributed by atoms with Crippen LogP contribution in [0.2, 0.25) is 0 Å². The van der Waals surface area contributed by atoms with Crippen LogP contribution in [0, 0.1) is 11.7 Å². The molecule has 8 nitrogen and oxygen atoms in total. The van der Waals surface area contributed by atoms with Gasteiger partial charge < -0.3 is 10.4 Å². The van der Waals surface area contributed by atoms with Crippen molar-refractivity contribution in [1.82, 2.24) is 10.2 Å². The Balaban J connectivity index is 0.915. The number of piperidine rings is 1. The van der Waals surface area contributed by atoms with Gasteiger partial charge in [-0.25, -0.2) is 4.39 Å². The van der Waals surface area contributed by atoms with Crippen LogP contribution in [0.25, 0.3) is 0 Å². The Morgan fingerprint density at radius 2 is 1.55 bits per heavy atom. The third-order valence-electron chi connectivity index (χ3n) is 9.38. The summed E-state index contributed by atoms with van der Waals surface area (Å²) in [7, 11) is 0. The highest BCUT2D eigenvalue weighted by Crippen LogP contribution is 2.32. The zero-order valence-electron chi connectivity index (χ0n) is 25.5. The third-order valence-corrected chi connectivity index (χ3v) is 9.38. The number of phenolic OH excluding ortho intramolecular Hbond substituents is 1. The summed E-state index contributed by atoms with van der Waals surface area (Å²) >= 11 is 0. The first kappa shape index (κ1) is 31.7. The highest BCUT2D eigenvalue weighted by molar-refractivity contribution is 6.23. The van der Waals surface area contributed by atoms with Gasteiger partial charge in [0.05, 0.1) is 11.1 Å². The number of unbranched alkanes of at least 4 members (excludes halogenated alkanes) is 8. The van der Waals surface area contributed by atoms with Gasteiger partial charge >= 0.3 is 0 Å². The number of rotatable bonds is 14. The minimum absolute atomic E-state index is 0.0373. The summed E-state index contributed by atoms with van der Waals surface area (Å²) in [6.45, 7) is 0.773. The zero-order valence-corrected chi connectivity index (χ0v) is 25.5. The van der Waals surface area contributed by atoms with E-state index < -0.39 is 23.8 Å². The number of benzene rings is 2. The summed E-state index contributed by atoms with van der Waals surface area (Å²) in [4.78, 5) is 50.5. The molecule has 0 saturated carbocycles. The van der Waals surface area contributed by atoms with E-state index in [-0.39, 0.29) is 30.3 Å². The van der Waals surface area contributed by atoms with Crippen LogP contribution >= 0.6 is 0 Å². The molecule has 1 aliphatic carbocycles. The van der Waals surface area contributed by atoms with E-state index in [4.69, 9.17) is 0 Å². The number of amides is 4. The van der Waals surface area contributed by atoms with Crippen LogP contribution in [0.4, 0.5) is 10.1 Å². The maximum atomic E-state index is 14.2. The number of fused-ring (bicyclic) bond motifs is 2. The van der Waals surface area contributed by atoms with Gasteiger partial charge in [0.1, 0.15) is 17.6 Å². The Bertz CT molecular complexity index is 1390. The molecule has 2 atom stereocenters. The first-order chi connectivity index (χ1) is 21.3. The number of aromatic hydroxyl groups is 1. The second kappa shape index (κ2) is 14.8. The van der Waals surface area contributed by atoms with Gasteiger partial charge in [-0.3, -0.25) is 29.4 Å². The number of phenols is 1. The minimum Gasteiger partial charge on any atom is -0.508 e. The Morgan fingerprint density at radius 1 is 0.841 bits per heavy atom. The molecule has 2 aromatic rings. The van der Waals surface area contributed by atoms with Crippen molar-refractivity contribution >= 4 is 29.3 Å². The predicted octanol–water partition coefficient (Wildman–Crippen LogP) is 6.44.